The van der Waals surface area contributed by atoms with Gasteiger partial charge in [-0.25, -0.2) is 0 Å². The molecule has 0 fully saturated rings. The molecule has 9 heteroatoms. The summed E-state index contributed by atoms with van der Waals surface area (Å²) >= 11 is 5.43. The van der Waals surface area contributed by atoms with Crippen molar-refractivity contribution in [2.24, 2.45) is 0 Å². The summed E-state index contributed by atoms with van der Waals surface area (Å²) in [6.07, 6.45) is 0. The van der Waals surface area contributed by atoms with E-state index in [4.69, 9.17) is 16.2 Å². The monoisotopic (exact) mass is 275 g/mol. The number of rotatable bonds is 3. The van der Waals surface area contributed by atoms with E-state index in [0.29, 0.717) is 5.56 Å². The van der Waals surface area contributed by atoms with E-state index in [1.165, 1.54) is 6.07 Å². The maximum atomic E-state index is 10.8. The average Bonchev–Trinajstić information content (AvgIpc) is 2.15. The molecule has 0 aliphatic rings. The molecule has 1 aromatic carbocycles. The number of nitro groups is 1. The van der Waals surface area contributed by atoms with E-state index in [1.807, 2.05) is 0 Å². The first kappa shape index (κ1) is 15.8. The average molecular weight is 276 g/mol. The molecule has 0 heterocycles. The van der Waals surface area contributed by atoms with Gasteiger partial charge >= 0.3 is 39.7 Å². The van der Waals surface area contributed by atoms with Crippen molar-refractivity contribution in [3.63, 3.8) is 0 Å². The van der Waals surface area contributed by atoms with Crippen LogP contribution >= 0.6 is 11.6 Å². The zero-order valence-electron chi connectivity index (χ0n) is 7.25. The van der Waals surface area contributed by atoms with Crippen LogP contribution in [-0.4, -0.2) is 47.5 Å². The van der Waals surface area contributed by atoms with E-state index in [9.17, 15) is 18.5 Å². The zero-order chi connectivity index (χ0) is 11.6. The summed E-state index contributed by atoms with van der Waals surface area (Å²) in [5, 5.41) is 10.5. The molecule has 0 saturated carbocycles. The minimum absolute atomic E-state index is 0. The Morgan fingerprint density at radius 3 is 2.38 bits per heavy atom. The van der Waals surface area contributed by atoms with Crippen molar-refractivity contribution in [2.45, 2.75) is 10.8 Å². The van der Waals surface area contributed by atoms with Gasteiger partial charge in [0.05, 0.1) is 4.92 Å². The van der Waals surface area contributed by atoms with E-state index in [1.54, 1.807) is 0 Å². The van der Waals surface area contributed by atoms with Gasteiger partial charge in [0.1, 0.15) is 0 Å². The summed E-state index contributed by atoms with van der Waals surface area (Å²) in [5.74, 6) is 0.000510. The van der Waals surface area contributed by atoms with E-state index in [0.717, 1.165) is 12.1 Å². The normalized spacial score (nSPS) is 10.6. The first-order valence-corrected chi connectivity index (χ1v) is 5.64. The summed E-state index contributed by atoms with van der Waals surface area (Å²) in [6, 6.07) is 3.28. The Hall–Kier alpha value is -0.180. The van der Waals surface area contributed by atoms with Crippen LogP contribution in [0.25, 0.3) is 0 Å². The Bertz CT molecular complexity index is 503. The summed E-state index contributed by atoms with van der Waals surface area (Å²) in [4.78, 5) is 8.83. The van der Waals surface area contributed by atoms with Crippen molar-refractivity contribution in [1.29, 1.82) is 0 Å². The predicted molar refractivity (Wildman–Crippen MR) is 59.6 cm³/mol. The predicted octanol–water partition coefficient (Wildman–Crippen LogP) is 0.932. The molecule has 0 atom stereocenters. The molecule has 0 bridgehead atoms. The van der Waals surface area contributed by atoms with Gasteiger partial charge < -0.3 is 0 Å². The fraction of sp³-hybridized carbons (Fsp3) is 0.143. The maximum absolute atomic E-state index is 10.8. The molecule has 0 spiro atoms. The van der Waals surface area contributed by atoms with Crippen LogP contribution in [0, 0.1) is 10.1 Å². The molecule has 0 aromatic heterocycles. The van der Waals surface area contributed by atoms with Gasteiger partial charge in [-0.05, 0) is 11.6 Å². The van der Waals surface area contributed by atoms with Crippen LogP contribution in [0.3, 0.4) is 0 Å². The molecule has 1 rings (SSSR count). The van der Waals surface area contributed by atoms with Crippen molar-refractivity contribution in [3.05, 3.63) is 33.9 Å². The zero-order valence-corrected chi connectivity index (χ0v) is 8.83. The van der Waals surface area contributed by atoms with Crippen molar-refractivity contribution >= 4 is 57.0 Å². The van der Waals surface area contributed by atoms with Crippen molar-refractivity contribution in [1.82, 2.24) is 0 Å². The molecule has 16 heavy (non-hydrogen) atoms. The number of nitrogens with zero attached hydrogens (tertiary/aromatic N) is 1. The van der Waals surface area contributed by atoms with E-state index in [2.05, 4.69) is 0 Å². The van der Waals surface area contributed by atoms with Gasteiger partial charge in [-0.1, -0.05) is 6.07 Å². The van der Waals surface area contributed by atoms with Crippen LogP contribution < -0.4 is 0 Å². The SMILES string of the molecule is O=[N+]([O-])c1ccc(CCl)cc1S(=O)(=O)O.[NaH]. The van der Waals surface area contributed by atoms with Crippen LogP contribution in [0.2, 0.25) is 0 Å². The second kappa shape index (κ2) is 5.95. The fourth-order valence-electron chi connectivity index (χ4n) is 0.999. The number of halogens is 1. The number of nitro benzene ring substituents is 1. The van der Waals surface area contributed by atoms with E-state index in [-0.39, 0.29) is 35.4 Å². The van der Waals surface area contributed by atoms with E-state index >= 15 is 0 Å². The first-order chi connectivity index (χ1) is 6.86. The molecular weight excluding hydrogens is 269 g/mol. The Morgan fingerprint density at radius 2 is 2.00 bits per heavy atom. The van der Waals surface area contributed by atoms with E-state index < -0.39 is 25.6 Å². The molecule has 0 amide bonds. The molecule has 1 N–H and O–H groups in total. The molecular formula is C7H7ClNNaO5S. The Morgan fingerprint density at radius 1 is 1.44 bits per heavy atom. The molecule has 84 valence electrons. The van der Waals surface area contributed by atoms with Gasteiger partial charge in [0.2, 0.25) is 0 Å². The van der Waals surface area contributed by atoms with Crippen LogP contribution in [-0.2, 0) is 16.0 Å². The molecule has 0 unspecified atom stereocenters. The summed E-state index contributed by atoms with van der Waals surface area (Å²) in [7, 11) is -4.61. The first-order valence-electron chi connectivity index (χ1n) is 3.67. The molecule has 6 nitrogen and oxygen atoms in total. The van der Waals surface area contributed by atoms with Gasteiger partial charge in [0.15, 0.2) is 4.90 Å². The second-order valence-electron chi connectivity index (χ2n) is 2.67. The number of benzene rings is 1. The fourth-order valence-corrected chi connectivity index (χ4v) is 1.87. The number of alkyl halides is 1. The standard InChI is InChI=1S/C7H6ClNO5S.Na.H/c8-4-5-1-2-6(9(10)11)7(3-5)15(12,13)14;;/h1-3H,4H2,(H,12,13,14);;. The van der Waals surface area contributed by atoms with Gasteiger partial charge in [-0.2, -0.15) is 8.42 Å². The molecule has 1 aromatic rings. The minimum atomic E-state index is -4.61. The van der Waals surface area contributed by atoms with Gasteiger partial charge in [0.25, 0.3) is 5.69 Å². The second-order valence-corrected chi connectivity index (χ2v) is 4.33. The Labute approximate surface area is 119 Å². The molecule has 0 radical (unpaired) electrons. The van der Waals surface area contributed by atoms with Gasteiger partial charge in [0, 0.05) is 11.9 Å². The number of hydrogen-bond acceptors (Lipinski definition) is 4. The van der Waals surface area contributed by atoms with Crippen LogP contribution in [0.15, 0.2) is 23.1 Å². The molecule has 0 aliphatic carbocycles. The molecule has 0 saturated heterocycles. The van der Waals surface area contributed by atoms with Crippen LogP contribution in [0.4, 0.5) is 5.69 Å². The van der Waals surface area contributed by atoms with Crippen molar-refractivity contribution in [2.75, 3.05) is 0 Å². The summed E-state index contributed by atoms with van der Waals surface area (Å²) in [5.41, 5.74) is -0.304. The molecule has 0 aliphatic heterocycles. The van der Waals surface area contributed by atoms with Crippen LogP contribution in [0.5, 0.6) is 0 Å². The summed E-state index contributed by atoms with van der Waals surface area (Å²) in [6.45, 7) is 0. The third-order valence-corrected chi connectivity index (χ3v) is 2.84. The van der Waals surface area contributed by atoms with Crippen molar-refractivity contribution < 1.29 is 17.9 Å². The Balaban J connectivity index is 0.00000225. The topological polar surface area (TPSA) is 97.5 Å². The van der Waals surface area contributed by atoms with Crippen LogP contribution in [0.1, 0.15) is 5.56 Å². The number of hydrogen-bond donors (Lipinski definition) is 1. The van der Waals surface area contributed by atoms with Gasteiger partial charge in [-0.15, -0.1) is 11.6 Å². The Kier molecular flexibility index (Phi) is 5.88. The summed E-state index contributed by atoms with van der Waals surface area (Å²) < 4.78 is 30.4. The quantitative estimate of drug-likeness (QED) is 0.291. The van der Waals surface area contributed by atoms with Crippen molar-refractivity contribution in [3.8, 4) is 0 Å². The third kappa shape index (κ3) is 3.69. The van der Waals surface area contributed by atoms with Gasteiger partial charge in [-0.3, -0.25) is 14.7 Å². The third-order valence-electron chi connectivity index (χ3n) is 1.65.